The van der Waals surface area contributed by atoms with Crippen molar-refractivity contribution in [3.63, 3.8) is 0 Å². The molecule has 3 heteroatoms. The maximum atomic E-state index is 10.1. The van der Waals surface area contributed by atoms with Gasteiger partial charge in [-0.3, -0.25) is 4.98 Å². The van der Waals surface area contributed by atoms with E-state index in [2.05, 4.69) is 4.98 Å². The van der Waals surface area contributed by atoms with Crippen LogP contribution in [0.1, 0.15) is 50.3 Å². The summed E-state index contributed by atoms with van der Waals surface area (Å²) in [6.45, 7) is 0. The van der Waals surface area contributed by atoms with Crippen molar-refractivity contribution in [3.8, 4) is 0 Å². The van der Waals surface area contributed by atoms with E-state index in [9.17, 15) is 5.11 Å². The number of nitrogens with zero attached hydrogens (tertiary/aromatic N) is 1. The molecule has 1 aromatic rings. The minimum absolute atomic E-state index is 0.503. The second-order valence-corrected chi connectivity index (χ2v) is 5.03. The number of hydrogen-bond donors (Lipinski definition) is 1. The Bertz CT molecular complexity index is 336. The first kappa shape index (κ1) is 11.9. The number of rotatable bonds is 3. The minimum Gasteiger partial charge on any atom is -0.387 e. The van der Waals surface area contributed by atoms with Gasteiger partial charge in [-0.15, -0.1) is 0 Å². The topological polar surface area (TPSA) is 33.1 Å². The largest absolute Gasteiger partial charge is 0.387 e. The molecule has 0 aromatic carbocycles. The molecule has 0 bridgehead atoms. The lowest BCUT2D eigenvalue weighted by atomic mass is 9.85. The SMILES string of the molecule is OC(CC1CCCCC1)c1ncccc1Cl. The maximum absolute atomic E-state index is 10.1. The molecule has 0 radical (unpaired) electrons. The first-order chi connectivity index (χ1) is 7.77. The molecule has 1 N–H and O–H groups in total. The van der Waals surface area contributed by atoms with Crippen LogP contribution < -0.4 is 0 Å². The highest BCUT2D eigenvalue weighted by Crippen LogP contribution is 2.32. The summed E-state index contributed by atoms with van der Waals surface area (Å²) in [4.78, 5) is 4.16. The zero-order chi connectivity index (χ0) is 11.4. The quantitative estimate of drug-likeness (QED) is 0.872. The molecule has 1 aliphatic rings. The van der Waals surface area contributed by atoms with E-state index < -0.39 is 6.10 Å². The van der Waals surface area contributed by atoms with Crippen LogP contribution in [0.25, 0.3) is 0 Å². The van der Waals surface area contributed by atoms with Crippen LogP contribution in [0, 0.1) is 5.92 Å². The van der Waals surface area contributed by atoms with Gasteiger partial charge in [-0.2, -0.15) is 0 Å². The molecule has 88 valence electrons. The molecule has 1 atom stereocenters. The Morgan fingerprint density at radius 2 is 2.12 bits per heavy atom. The van der Waals surface area contributed by atoms with Gasteiger partial charge in [0.2, 0.25) is 0 Å². The average Bonchev–Trinajstić information content (AvgIpc) is 2.31. The molecule has 1 unspecified atom stereocenters. The molecule has 0 spiro atoms. The van der Waals surface area contributed by atoms with E-state index >= 15 is 0 Å². The maximum Gasteiger partial charge on any atom is 0.0977 e. The lowest BCUT2D eigenvalue weighted by molar-refractivity contribution is 0.127. The molecule has 0 amide bonds. The van der Waals surface area contributed by atoms with Crippen LogP contribution in [0.3, 0.4) is 0 Å². The van der Waals surface area contributed by atoms with Crippen molar-refractivity contribution in [1.82, 2.24) is 4.98 Å². The Morgan fingerprint density at radius 1 is 1.38 bits per heavy atom. The zero-order valence-electron chi connectivity index (χ0n) is 9.40. The van der Waals surface area contributed by atoms with Crippen molar-refractivity contribution in [2.45, 2.75) is 44.6 Å². The molecule has 1 heterocycles. The summed E-state index contributed by atoms with van der Waals surface area (Å²) in [7, 11) is 0. The van der Waals surface area contributed by atoms with E-state index in [4.69, 9.17) is 11.6 Å². The molecule has 1 fully saturated rings. The van der Waals surface area contributed by atoms with Crippen LogP contribution in [0.15, 0.2) is 18.3 Å². The van der Waals surface area contributed by atoms with Crippen molar-refractivity contribution in [3.05, 3.63) is 29.0 Å². The molecule has 0 aliphatic heterocycles. The van der Waals surface area contributed by atoms with Crippen LogP contribution in [-0.4, -0.2) is 10.1 Å². The Labute approximate surface area is 102 Å². The normalized spacial score (nSPS) is 19.6. The van der Waals surface area contributed by atoms with E-state index in [1.165, 1.54) is 32.1 Å². The predicted octanol–water partition coefficient (Wildman–Crippen LogP) is 3.74. The second-order valence-electron chi connectivity index (χ2n) is 4.63. The van der Waals surface area contributed by atoms with Gasteiger partial charge in [0.1, 0.15) is 0 Å². The highest BCUT2D eigenvalue weighted by molar-refractivity contribution is 6.31. The van der Waals surface area contributed by atoms with Crippen LogP contribution in [0.2, 0.25) is 5.02 Å². The number of halogens is 1. The van der Waals surface area contributed by atoms with Crippen molar-refractivity contribution in [2.75, 3.05) is 0 Å². The van der Waals surface area contributed by atoms with Gasteiger partial charge in [0.25, 0.3) is 0 Å². The van der Waals surface area contributed by atoms with Gasteiger partial charge in [-0.1, -0.05) is 43.7 Å². The standard InChI is InChI=1S/C13H18ClNO/c14-11-7-4-8-15-13(11)12(16)9-10-5-2-1-3-6-10/h4,7-8,10,12,16H,1-3,5-6,9H2. The molecule has 2 nitrogen and oxygen atoms in total. The number of aliphatic hydroxyl groups excluding tert-OH is 1. The van der Waals surface area contributed by atoms with E-state index in [-0.39, 0.29) is 0 Å². The van der Waals surface area contributed by atoms with Gasteiger partial charge in [0.05, 0.1) is 16.8 Å². The van der Waals surface area contributed by atoms with Crippen molar-refractivity contribution in [1.29, 1.82) is 0 Å². The number of pyridine rings is 1. The monoisotopic (exact) mass is 239 g/mol. The second kappa shape index (κ2) is 5.65. The minimum atomic E-state index is -0.503. The fraction of sp³-hybridized carbons (Fsp3) is 0.615. The fourth-order valence-corrected chi connectivity index (χ4v) is 2.74. The summed E-state index contributed by atoms with van der Waals surface area (Å²) in [6.07, 6.45) is 8.40. The van der Waals surface area contributed by atoms with Crippen LogP contribution >= 0.6 is 11.6 Å². The van der Waals surface area contributed by atoms with Crippen molar-refractivity contribution < 1.29 is 5.11 Å². The van der Waals surface area contributed by atoms with Gasteiger partial charge in [-0.25, -0.2) is 0 Å². The summed E-state index contributed by atoms with van der Waals surface area (Å²) in [5.74, 6) is 0.641. The number of aromatic nitrogens is 1. The van der Waals surface area contributed by atoms with Crippen LogP contribution in [-0.2, 0) is 0 Å². The lowest BCUT2D eigenvalue weighted by Gasteiger charge is -2.24. The summed E-state index contributed by atoms with van der Waals surface area (Å²) < 4.78 is 0. The molecular weight excluding hydrogens is 222 g/mol. The van der Waals surface area contributed by atoms with Gasteiger partial charge in [0, 0.05) is 6.20 Å². The van der Waals surface area contributed by atoms with Crippen LogP contribution in [0.5, 0.6) is 0 Å². The van der Waals surface area contributed by atoms with Crippen molar-refractivity contribution in [2.24, 2.45) is 5.92 Å². The molecule has 0 saturated heterocycles. The molecule has 16 heavy (non-hydrogen) atoms. The zero-order valence-corrected chi connectivity index (χ0v) is 10.2. The number of hydrogen-bond acceptors (Lipinski definition) is 2. The highest BCUT2D eigenvalue weighted by atomic mass is 35.5. The van der Waals surface area contributed by atoms with Crippen molar-refractivity contribution >= 4 is 11.6 Å². The van der Waals surface area contributed by atoms with E-state index in [1.54, 1.807) is 18.3 Å². The lowest BCUT2D eigenvalue weighted by Crippen LogP contribution is -2.12. The van der Waals surface area contributed by atoms with Gasteiger partial charge >= 0.3 is 0 Å². The molecular formula is C13H18ClNO. The first-order valence-electron chi connectivity index (χ1n) is 6.06. The van der Waals surface area contributed by atoms with Gasteiger partial charge in [0.15, 0.2) is 0 Å². The molecule has 2 rings (SSSR count). The fourth-order valence-electron chi connectivity index (χ4n) is 2.49. The number of aliphatic hydroxyl groups is 1. The summed E-state index contributed by atoms with van der Waals surface area (Å²) in [5, 5.41) is 10.7. The molecule has 1 aromatic heterocycles. The van der Waals surface area contributed by atoms with E-state index in [0.717, 1.165) is 6.42 Å². The summed E-state index contributed by atoms with van der Waals surface area (Å²) in [5.41, 5.74) is 0.634. The highest BCUT2D eigenvalue weighted by Gasteiger charge is 2.20. The Kier molecular flexibility index (Phi) is 4.19. The third-order valence-corrected chi connectivity index (χ3v) is 3.70. The van der Waals surface area contributed by atoms with Gasteiger partial charge < -0.3 is 5.11 Å². The Morgan fingerprint density at radius 3 is 2.81 bits per heavy atom. The average molecular weight is 240 g/mol. The molecule has 1 aliphatic carbocycles. The third kappa shape index (κ3) is 2.96. The van der Waals surface area contributed by atoms with Gasteiger partial charge in [-0.05, 0) is 24.5 Å². The molecule has 1 saturated carbocycles. The van der Waals surface area contributed by atoms with Crippen LogP contribution in [0.4, 0.5) is 0 Å². The third-order valence-electron chi connectivity index (χ3n) is 3.38. The first-order valence-corrected chi connectivity index (χ1v) is 6.43. The predicted molar refractivity (Wildman–Crippen MR) is 65.4 cm³/mol. The smallest absolute Gasteiger partial charge is 0.0977 e. The summed E-state index contributed by atoms with van der Waals surface area (Å²) in [6, 6.07) is 3.58. The Balaban J connectivity index is 1.96. The summed E-state index contributed by atoms with van der Waals surface area (Å²) >= 11 is 6.01. The van der Waals surface area contributed by atoms with E-state index in [0.29, 0.717) is 16.6 Å². The Hall–Kier alpha value is -0.600. The van der Waals surface area contributed by atoms with E-state index in [1.807, 2.05) is 0 Å².